The van der Waals surface area contributed by atoms with Crippen LogP contribution in [-0.2, 0) is 10.8 Å². The molecule has 5 heteroatoms. The number of hydrogen-bond donors (Lipinski definition) is 0. The fourth-order valence-corrected chi connectivity index (χ4v) is 13.1. The molecule has 10 aromatic rings. The van der Waals surface area contributed by atoms with Gasteiger partial charge in [-0.2, -0.15) is 0 Å². The van der Waals surface area contributed by atoms with Gasteiger partial charge in [0, 0.05) is 0 Å². The molecule has 10 rings (SSSR count). The summed E-state index contributed by atoms with van der Waals surface area (Å²) in [6.07, 6.45) is 3.90. The molecule has 0 radical (unpaired) electrons. The van der Waals surface area contributed by atoms with Crippen molar-refractivity contribution in [2.75, 3.05) is 0 Å². The van der Waals surface area contributed by atoms with Crippen LogP contribution in [0.25, 0.3) is 84.1 Å². The Morgan fingerprint density at radius 3 is 1.13 bits per heavy atom. The first kappa shape index (κ1) is 41.0. The summed E-state index contributed by atoms with van der Waals surface area (Å²) in [6, 6.07) is 61.6. The fourth-order valence-electron chi connectivity index (χ4n) is 8.21. The molecule has 0 bridgehead atoms. The molecule has 308 valence electrons. The Labute approximate surface area is 382 Å². The molecule has 0 spiro atoms. The molecule has 6 aromatic carbocycles. The number of hydrogen-bond acceptors (Lipinski definition) is 3. The van der Waals surface area contributed by atoms with Gasteiger partial charge in [-0.3, -0.25) is 0 Å². The van der Waals surface area contributed by atoms with Crippen LogP contribution < -0.4 is 4.74 Å². The van der Waals surface area contributed by atoms with Gasteiger partial charge in [-0.25, -0.2) is 0 Å². The number of benzene rings is 6. The second-order valence-corrected chi connectivity index (χ2v) is 22.8. The van der Waals surface area contributed by atoms with Gasteiger partial charge in [0.1, 0.15) is 0 Å². The van der Waals surface area contributed by atoms with E-state index in [1.807, 2.05) is 12.4 Å². The van der Waals surface area contributed by atoms with Crippen LogP contribution >= 0.6 is 0 Å². The Kier molecular flexibility index (Phi) is 10.8. The zero-order valence-electron chi connectivity index (χ0n) is 36.4. The van der Waals surface area contributed by atoms with Crippen LogP contribution in [0.1, 0.15) is 52.7 Å². The van der Waals surface area contributed by atoms with Crippen molar-refractivity contribution in [3.05, 3.63) is 193 Å². The van der Waals surface area contributed by atoms with Gasteiger partial charge in [0.25, 0.3) is 0 Å². The second-order valence-electron chi connectivity index (χ2n) is 18.4. The first-order valence-corrected chi connectivity index (χ1v) is 24.9. The quantitative estimate of drug-likeness (QED) is 0.142. The first-order chi connectivity index (χ1) is 30.4. The SMILES string of the molecule is CC(C)(C)c1ccc(-c2cc3ccnc(-c4cc(Oc5cc(-c6ccccc6)cc(-c6nccc7cc(-c8ccc(C(C)(C)C)cc8)[se]c67)c5)cc(-c5ccccc5)c4)c3[se]2)cc1. The van der Waals surface area contributed by atoms with Crippen molar-refractivity contribution < 1.29 is 4.74 Å². The zero-order chi connectivity index (χ0) is 43.3. The normalized spacial score (nSPS) is 12.0. The molecule has 0 amide bonds. The average molecular weight is 947 g/mol. The van der Waals surface area contributed by atoms with Crippen LogP contribution in [0, 0.1) is 0 Å². The van der Waals surface area contributed by atoms with Crippen LogP contribution in [0.3, 0.4) is 0 Å². The molecule has 4 aromatic heterocycles. The molecule has 4 heterocycles. The summed E-state index contributed by atoms with van der Waals surface area (Å²) in [5.41, 5.74) is 14.0. The Balaban J connectivity index is 1.07. The molecule has 0 aliphatic heterocycles. The van der Waals surface area contributed by atoms with E-state index >= 15 is 0 Å². The molecule has 0 aliphatic carbocycles. The molecule has 0 fully saturated rings. The van der Waals surface area contributed by atoms with E-state index in [2.05, 4.69) is 211 Å². The zero-order valence-corrected chi connectivity index (χ0v) is 39.9. The molecule has 3 nitrogen and oxygen atoms in total. The van der Waals surface area contributed by atoms with Gasteiger partial charge in [-0.15, -0.1) is 0 Å². The Hall–Kier alpha value is -6.06. The van der Waals surface area contributed by atoms with E-state index in [0.29, 0.717) is 0 Å². The van der Waals surface area contributed by atoms with Gasteiger partial charge >= 0.3 is 385 Å². The van der Waals surface area contributed by atoms with Gasteiger partial charge in [0.2, 0.25) is 0 Å². The molecule has 0 unspecified atom stereocenters. The van der Waals surface area contributed by atoms with E-state index in [4.69, 9.17) is 14.7 Å². The molecule has 0 atom stereocenters. The maximum absolute atomic E-state index is 7.05. The van der Waals surface area contributed by atoms with Gasteiger partial charge in [-0.1, -0.05) is 0 Å². The number of pyridine rings is 2. The maximum atomic E-state index is 7.05. The monoisotopic (exact) mass is 948 g/mol. The van der Waals surface area contributed by atoms with Crippen LogP contribution in [0.5, 0.6) is 11.5 Å². The predicted molar refractivity (Wildman–Crippen MR) is 267 cm³/mol. The fraction of sp³-hybridized carbons (Fsp3) is 0.138. The van der Waals surface area contributed by atoms with Gasteiger partial charge in [0.15, 0.2) is 0 Å². The third-order valence-electron chi connectivity index (χ3n) is 11.7. The van der Waals surface area contributed by atoms with Crippen LogP contribution in [0.2, 0.25) is 0 Å². The van der Waals surface area contributed by atoms with Crippen molar-refractivity contribution in [3.8, 4) is 76.3 Å². The average Bonchev–Trinajstić information content (AvgIpc) is 3.95. The van der Waals surface area contributed by atoms with Crippen molar-refractivity contribution in [2.45, 2.75) is 52.4 Å². The minimum atomic E-state index is 0.0832. The standard InChI is InChI=1S/C58H48N2OSe2/c1-57(2,3)47-21-17-39(18-22-47)51-35-41-25-27-59-53(55(41)62-51)45-29-43(37-13-9-7-10-14-37)31-49(33-45)61-50-32-44(38-15-11-8-12-16-38)30-46(34-50)54-56-42(26-28-60-54)36-52(63-56)40-19-23-48(24-20-40)58(4,5)6/h7-36H,1-6H3. The third kappa shape index (κ3) is 8.55. The third-order valence-corrected chi connectivity index (χ3v) is 16.8. The van der Waals surface area contributed by atoms with Crippen molar-refractivity contribution in [3.63, 3.8) is 0 Å². The molecular weight excluding hydrogens is 899 g/mol. The summed E-state index contributed by atoms with van der Waals surface area (Å²) in [7, 11) is 0. The number of ether oxygens (including phenoxy) is 1. The van der Waals surface area contributed by atoms with Crippen molar-refractivity contribution >= 4 is 48.3 Å². The predicted octanol–water partition coefficient (Wildman–Crippen LogP) is 15.3. The molecule has 0 saturated heterocycles. The van der Waals surface area contributed by atoms with E-state index in [0.717, 1.165) is 56.3 Å². The van der Waals surface area contributed by atoms with Gasteiger partial charge in [-0.05, 0) is 0 Å². The van der Waals surface area contributed by atoms with E-state index in [1.165, 1.54) is 50.4 Å². The van der Waals surface area contributed by atoms with Crippen LogP contribution in [0.15, 0.2) is 182 Å². The molecular formula is C58H48N2OSe2. The Morgan fingerprint density at radius 2 is 0.746 bits per heavy atom. The van der Waals surface area contributed by atoms with Gasteiger partial charge in [0.05, 0.1) is 0 Å². The molecule has 0 N–H and O–H groups in total. The van der Waals surface area contributed by atoms with E-state index < -0.39 is 0 Å². The van der Waals surface area contributed by atoms with Crippen LogP contribution in [0.4, 0.5) is 0 Å². The number of aromatic nitrogens is 2. The summed E-state index contributed by atoms with van der Waals surface area (Å²) >= 11 is 0.166. The minimum absolute atomic E-state index is 0.0832. The molecule has 63 heavy (non-hydrogen) atoms. The van der Waals surface area contributed by atoms with Crippen LogP contribution in [-0.4, -0.2) is 39.0 Å². The topological polar surface area (TPSA) is 35.0 Å². The summed E-state index contributed by atoms with van der Waals surface area (Å²) in [6.45, 7) is 13.6. The van der Waals surface area contributed by atoms with Crippen molar-refractivity contribution in [1.82, 2.24) is 9.97 Å². The first-order valence-electron chi connectivity index (χ1n) is 21.5. The molecule has 0 saturated carbocycles. The van der Waals surface area contributed by atoms with E-state index in [1.54, 1.807) is 0 Å². The van der Waals surface area contributed by atoms with E-state index in [-0.39, 0.29) is 39.8 Å². The number of nitrogens with zero attached hydrogens (tertiary/aromatic N) is 2. The summed E-state index contributed by atoms with van der Waals surface area (Å²) < 4.78 is 12.4. The number of fused-ring (bicyclic) bond motifs is 2. The summed E-state index contributed by atoms with van der Waals surface area (Å²) in [4.78, 5) is 10.2. The van der Waals surface area contributed by atoms with Gasteiger partial charge < -0.3 is 0 Å². The summed E-state index contributed by atoms with van der Waals surface area (Å²) in [5.74, 6) is 1.52. The van der Waals surface area contributed by atoms with E-state index in [9.17, 15) is 0 Å². The summed E-state index contributed by atoms with van der Waals surface area (Å²) in [5, 5.41) is 2.48. The second kappa shape index (κ2) is 16.6. The number of rotatable bonds is 8. The Bertz CT molecular complexity index is 3020. The Morgan fingerprint density at radius 1 is 0.365 bits per heavy atom. The van der Waals surface area contributed by atoms with Crippen molar-refractivity contribution in [2.24, 2.45) is 0 Å². The van der Waals surface area contributed by atoms with Crippen molar-refractivity contribution in [1.29, 1.82) is 0 Å². The molecule has 0 aliphatic rings.